The average Bonchev–Trinajstić information content (AvgIpc) is 3.00. The van der Waals surface area contributed by atoms with Crippen molar-refractivity contribution in [2.75, 3.05) is 0 Å². The Balaban J connectivity index is 1.50. The summed E-state index contributed by atoms with van der Waals surface area (Å²) in [5.41, 5.74) is 1.02. The standard InChI is InChI=1S/C28H48O/c1-18(2)8-7-9-19(3)24-12-13-25-23-11-10-21-17-22(29)16-20(4)28(21,6)26(23)14-15-27(24,25)5/h18-21,23-26H,7-17H2,1-6H3. The quantitative estimate of drug-likeness (QED) is 0.458. The van der Waals surface area contributed by atoms with Crippen LogP contribution in [0.3, 0.4) is 0 Å². The highest BCUT2D eigenvalue weighted by molar-refractivity contribution is 5.80. The summed E-state index contributed by atoms with van der Waals surface area (Å²) in [6.45, 7) is 15.0. The minimum absolute atomic E-state index is 0.430. The van der Waals surface area contributed by atoms with Crippen LogP contribution in [0.25, 0.3) is 0 Å². The molecule has 1 heteroatoms. The first-order chi connectivity index (χ1) is 13.7. The van der Waals surface area contributed by atoms with Gasteiger partial charge < -0.3 is 0 Å². The predicted molar refractivity (Wildman–Crippen MR) is 123 cm³/mol. The lowest BCUT2D eigenvalue weighted by Gasteiger charge is -2.62. The van der Waals surface area contributed by atoms with Gasteiger partial charge in [-0.25, -0.2) is 0 Å². The van der Waals surface area contributed by atoms with Crippen molar-refractivity contribution in [3.05, 3.63) is 0 Å². The van der Waals surface area contributed by atoms with Crippen molar-refractivity contribution in [3.63, 3.8) is 0 Å². The Kier molecular flexibility index (Phi) is 6.02. The molecular formula is C28H48O. The van der Waals surface area contributed by atoms with E-state index in [0.29, 0.717) is 28.4 Å². The van der Waals surface area contributed by atoms with Gasteiger partial charge in [-0.2, -0.15) is 0 Å². The van der Waals surface area contributed by atoms with Crippen molar-refractivity contribution >= 4 is 5.78 Å². The van der Waals surface area contributed by atoms with Crippen LogP contribution in [-0.2, 0) is 4.79 Å². The molecule has 4 fully saturated rings. The molecule has 0 saturated heterocycles. The SMILES string of the molecule is CC(C)CCCC(C)C1CCC2C3CCC4CC(=O)CC(C)C4(C)C3CCC12C. The van der Waals surface area contributed by atoms with Crippen molar-refractivity contribution in [1.82, 2.24) is 0 Å². The molecule has 0 aromatic rings. The summed E-state index contributed by atoms with van der Waals surface area (Å²) in [6, 6.07) is 0. The second-order valence-corrected chi connectivity index (χ2v) is 12.9. The molecule has 0 radical (unpaired) electrons. The maximum atomic E-state index is 12.3. The van der Waals surface area contributed by atoms with Crippen LogP contribution in [-0.4, -0.2) is 5.78 Å². The number of carbonyl (C=O) groups excluding carboxylic acids is 1. The summed E-state index contributed by atoms with van der Waals surface area (Å²) in [6.07, 6.45) is 14.6. The zero-order valence-electron chi connectivity index (χ0n) is 20.3. The van der Waals surface area contributed by atoms with Crippen LogP contribution in [0.15, 0.2) is 0 Å². The Morgan fingerprint density at radius 3 is 2.41 bits per heavy atom. The number of rotatable bonds is 5. The number of fused-ring (bicyclic) bond motifs is 5. The van der Waals surface area contributed by atoms with Gasteiger partial charge in [-0.15, -0.1) is 0 Å². The van der Waals surface area contributed by atoms with E-state index in [1.165, 1.54) is 57.8 Å². The fourth-order valence-corrected chi connectivity index (χ4v) is 9.50. The summed E-state index contributed by atoms with van der Waals surface area (Å²) in [5.74, 6) is 7.32. The minimum Gasteiger partial charge on any atom is -0.300 e. The van der Waals surface area contributed by atoms with E-state index < -0.39 is 0 Å². The van der Waals surface area contributed by atoms with Crippen LogP contribution in [0.4, 0.5) is 0 Å². The number of carbonyl (C=O) groups is 1. The Bertz CT molecular complexity index is 607. The lowest BCUT2D eigenvalue weighted by atomic mass is 9.42. The Morgan fingerprint density at radius 2 is 1.69 bits per heavy atom. The molecule has 1 nitrogen and oxygen atoms in total. The third-order valence-electron chi connectivity index (χ3n) is 11.2. The van der Waals surface area contributed by atoms with Gasteiger partial charge in [-0.05, 0) is 96.7 Å². The number of hydrogen-bond donors (Lipinski definition) is 0. The molecule has 166 valence electrons. The minimum atomic E-state index is 0.430. The smallest absolute Gasteiger partial charge is 0.133 e. The van der Waals surface area contributed by atoms with Crippen molar-refractivity contribution in [3.8, 4) is 0 Å². The third-order valence-corrected chi connectivity index (χ3v) is 11.2. The monoisotopic (exact) mass is 400 g/mol. The van der Waals surface area contributed by atoms with Crippen molar-refractivity contribution in [2.45, 2.75) is 112 Å². The highest BCUT2D eigenvalue weighted by atomic mass is 16.1. The fourth-order valence-electron chi connectivity index (χ4n) is 9.50. The number of ketones is 1. The molecule has 0 amide bonds. The zero-order valence-corrected chi connectivity index (χ0v) is 20.3. The third kappa shape index (κ3) is 3.55. The normalized spacial score (nSPS) is 48.2. The van der Waals surface area contributed by atoms with Crippen LogP contribution < -0.4 is 0 Å². The summed E-state index contributed by atoms with van der Waals surface area (Å²) < 4.78 is 0. The first-order valence-electron chi connectivity index (χ1n) is 13.2. The van der Waals surface area contributed by atoms with E-state index in [4.69, 9.17) is 0 Å². The van der Waals surface area contributed by atoms with Gasteiger partial charge in [0, 0.05) is 12.8 Å². The zero-order chi connectivity index (χ0) is 21.0. The van der Waals surface area contributed by atoms with Crippen LogP contribution in [0, 0.1) is 58.2 Å². The van der Waals surface area contributed by atoms with Crippen LogP contribution >= 0.6 is 0 Å². The van der Waals surface area contributed by atoms with E-state index in [1.807, 2.05) is 0 Å². The molecule has 4 rings (SSSR count). The van der Waals surface area contributed by atoms with E-state index in [2.05, 4.69) is 41.5 Å². The molecule has 0 aromatic carbocycles. The summed E-state index contributed by atoms with van der Waals surface area (Å²) in [4.78, 5) is 12.3. The maximum absolute atomic E-state index is 12.3. The van der Waals surface area contributed by atoms with Crippen LogP contribution in [0.1, 0.15) is 112 Å². The second-order valence-electron chi connectivity index (χ2n) is 12.9. The van der Waals surface area contributed by atoms with Crippen molar-refractivity contribution in [1.29, 1.82) is 0 Å². The van der Waals surface area contributed by atoms with Gasteiger partial charge in [0.05, 0.1) is 0 Å². The van der Waals surface area contributed by atoms with E-state index in [1.54, 1.807) is 0 Å². The van der Waals surface area contributed by atoms with Gasteiger partial charge in [0.15, 0.2) is 0 Å². The summed E-state index contributed by atoms with van der Waals surface area (Å²) in [7, 11) is 0. The van der Waals surface area contributed by atoms with Gasteiger partial charge >= 0.3 is 0 Å². The largest absolute Gasteiger partial charge is 0.300 e. The Labute approximate surface area is 181 Å². The first-order valence-corrected chi connectivity index (χ1v) is 13.2. The molecule has 0 aliphatic heterocycles. The summed E-state index contributed by atoms with van der Waals surface area (Å²) in [5, 5.41) is 0. The van der Waals surface area contributed by atoms with Gasteiger partial charge in [0.2, 0.25) is 0 Å². The highest BCUT2D eigenvalue weighted by Gasteiger charge is 2.61. The molecular weight excluding hydrogens is 352 g/mol. The van der Waals surface area contributed by atoms with E-state index in [9.17, 15) is 4.79 Å². The van der Waals surface area contributed by atoms with E-state index >= 15 is 0 Å². The van der Waals surface area contributed by atoms with Gasteiger partial charge in [0.25, 0.3) is 0 Å². The van der Waals surface area contributed by atoms with Crippen LogP contribution in [0.2, 0.25) is 0 Å². The van der Waals surface area contributed by atoms with Crippen LogP contribution in [0.5, 0.6) is 0 Å². The van der Waals surface area contributed by atoms with Gasteiger partial charge in [0.1, 0.15) is 5.78 Å². The van der Waals surface area contributed by atoms with Gasteiger partial charge in [-0.3, -0.25) is 4.79 Å². The second kappa shape index (κ2) is 7.98. The lowest BCUT2D eigenvalue weighted by Crippen LogP contribution is -2.56. The topological polar surface area (TPSA) is 17.1 Å². The molecule has 9 atom stereocenters. The molecule has 0 aromatic heterocycles. The molecule has 0 bridgehead atoms. The average molecular weight is 401 g/mol. The van der Waals surface area contributed by atoms with Crippen molar-refractivity contribution < 1.29 is 4.79 Å². The first kappa shape index (κ1) is 21.9. The van der Waals surface area contributed by atoms with E-state index in [0.717, 1.165) is 48.3 Å². The lowest BCUT2D eigenvalue weighted by molar-refractivity contribution is -0.152. The molecule has 0 N–H and O–H groups in total. The fraction of sp³-hybridized carbons (Fsp3) is 0.964. The molecule has 29 heavy (non-hydrogen) atoms. The predicted octanol–water partition coefficient (Wildman–Crippen LogP) is 7.92. The molecule has 0 spiro atoms. The molecule has 4 aliphatic carbocycles. The Hall–Kier alpha value is -0.330. The summed E-state index contributed by atoms with van der Waals surface area (Å²) >= 11 is 0. The highest BCUT2D eigenvalue weighted by Crippen LogP contribution is 2.69. The van der Waals surface area contributed by atoms with Gasteiger partial charge in [-0.1, -0.05) is 60.8 Å². The number of hydrogen-bond acceptors (Lipinski definition) is 1. The van der Waals surface area contributed by atoms with Crippen molar-refractivity contribution in [2.24, 2.45) is 58.2 Å². The van der Waals surface area contributed by atoms with E-state index in [-0.39, 0.29) is 0 Å². The molecule has 9 unspecified atom stereocenters. The Morgan fingerprint density at radius 1 is 0.931 bits per heavy atom. The molecule has 0 heterocycles. The molecule has 4 saturated carbocycles. The molecule has 4 aliphatic rings. The maximum Gasteiger partial charge on any atom is 0.133 e. The number of Topliss-reactive ketones (excluding diaryl/α,β-unsaturated/α-hetero) is 1.